The van der Waals surface area contributed by atoms with Crippen LogP contribution in [0.4, 0.5) is 4.79 Å². The molecule has 2 amide bonds. The maximum atomic E-state index is 14.2. The van der Waals surface area contributed by atoms with Crippen molar-refractivity contribution in [3.8, 4) is 0 Å². The third kappa shape index (κ3) is 7.56. The van der Waals surface area contributed by atoms with Gasteiger partial charge in [0.15, 0.2) is 5.82 Å². The largest absolute Gasteiger partial charge is 0.465 e. The summed E-state index contributed by atoms with van der Waals surface area (Å²) in [6.45, 7) is 12.2. The zero-order valence-electron chi connectivity index (χ0n) is 23.8. The molecule has 3 rings (SSSR count). The maximum Gasteiger partial charge on any atom is 0.407 e. The van der Waals surface area contributed by atoms with Crippen molar-refractivity contribution in [2.75, 3.05) is 33.4 Å². The summed E-state index contributed by atoms with van der Waals surface area (Å²) >= 11 is 0. The number of amides is 2. The van der Waals surface area contributed by atoms with Crippen LogP contribution >= 0.6 is 0 Å². The Balaban J connectivity index is 1.97. The highest BCUT2D eigenvalue weighted by atomic mass is 16.5. The van der Waals surface area contributed by atoms with E-state index in [2.05, 4.69) is 0 Å². The SMILES string of the molecule is COCCCCn1c(C(=O)N(CC(C)C)[C@H]2C[C@@H](C(=O)CC(C)(C)C)CN(C(=O)O)C2)nc2ccccc21. The molecule has 0 radical (unpaired) electrons. The molecule has 2 atom stereocenters. The van der Waals surface area contributed by atoms with Crippen LogP contribution in [0.25, 0.3) is 11.0 Å². The van der Waals surface area contributed by atoms with Gasteiger partial charge in [-0.1, -0.05) is 46.8 Å². The number of carbonyl (C=O) groups excluding carboxylic acids is 2. The van der Waals surface area contributed by atoms with Gasteiger partial charge in [0.2, 0.25) is 0 Å². The molecule has 0 spiro atoms. The van der Waals surface area contributed by atoms with Crippen molar-refractivity contribution in [1.29, 1.82) is 0 Å². The number of aryl methyl sites for hydroxylation is 1. The van der Waals surface area contributed by atoms with Crippen molar-refractivity contribution in [2.24, 2.45) is 17.3 Å². The van der Waals surface area contributed by atoms with Crippen LogP contribution in [0.3, 0.4) is 0 Å². The minimum Gasteiger partial charge on any atom is -0.465 e. The molecule has 9 heteroatoms. The number of ketones is 1. The maximum absolute atomic E-state index is 14.2. The molecule has 1 aliphatic rings. The molecule has 1 aliphatic heterocycles. The molecule has 2 aromatic rings. The molecular formula is C29H44N4O5. The Morgan fingerprint density at radius 1 is 1.16 bits per heavy atom. The molecule has 1 saturated heterocycles. The Kier molecular flexibility index (Phi) is 9.93. The van der Waals surface area contributed by atoms with E-state index in [1.54, 1.807) is 12.0 Å². The second-order valence-electron chi connectivity index (χ2n) is 12.1. The van der Waals surface area contributed by atoms with Crippen LogP contribution in [0.1, 0.15) is 70.9 Å². The summed E-state index contributed by atoms with van der Waals surface area (Å²) in [5.41, 5.74) is 1.45. The number of rotatable bonds is 11. The predicted octanol–water partition coefficient (Wildman–Crippen LogP) is 4.93. The van der Waals surface area contributed by atoms with Crippen LogP contribution in [0.15, 0.2) is 24.3 Å². The van der Waals surface area contributed by atoms with Gasteiger partial charge in [-0.05, 0) is 42.7 Å². The first-order valence-corrected chi connectivity index (χ1v) is 13.7. The summed E-state index contributed by atoms with van der Waals surface area (Å²) in [7, 11) is 1.68. The molecule has 0 aliphatic carbocycles. The molecule has 1 N–H and O–H groups in total. The quantitative estimate of drug-likeness (QED) is 0.415. The van der Waals surface area contributed by atoms with Gasteiger partial charge < -0.3 is 24.2 Å². The first kappa shape index (κ1) is 29.6. The number of nitrogens with zero attached hydrogens (tertiary/aromatic N) is 4. The topological polar surface area (TPSA) is 105 Å². The molecule has 2 heterocycles. The Hall–Kier alpha value is -2.94. The summed E-state index contributed by atoms with van der Waals surface area (Å²) in [5.74, 6) is -0.104. The van der Waals surface area contributed by atoms with Crippen molar-refractivity contribution < 1.29 is 24.2 Å². The van der Waals surface area contributed by atoms with Gasteiger partial charge in [0.25, 0.3) is 5.91 Å². The summed E-state index contributed by atoms with van der Waals surface area (Å²) in [6.07, 6.45) is 1.45. The van der Waals surface area contributed by atoms with Crippen LogP contribution in [-0.2, 0) is 16.1 Å². The van der Waals surface area contributed by atoms with Gasteiger partial charge in [-0.2, -0.15) is 0 Å². The second kappa shape index (κ2) is 12.7. The van der Waals surface area contributed by atoms with E-state index >= 15 is 0 Å². The van der Waals surface area contributed by atoms with E-state index in [0.29, 0.717) is 38.4 Å². The summed E-state index contributed by atoms with van der Waals surface area (Å²) in [6, 6.07) is 7.30. The summed E-state index contributed by atoms with van der Waals surface area (Å²) < 4.78 is 7.17. The fourth-order valence-corrected chi connectivity index (χ4v) is 5.26. The normalized spacial score (nSPS) is 18.2. The average molecular weight is 529 g/mol. The number of hydrogen-bond acceptors (Lipinski definition) is 5. The van der Waals surface area contributed by atoms with Crippen molar-refractivity contribution in [2.45, 2.75) is 72.9 Å². The highest BCUT2D eigenvalue weighted by Gasteiger charge is 2.40. The van der Waals surface area contributed by atoms with Gasteiger partial charge >= 0.3 is 6.09 Å². The number of carboxylic acid groups (broad SMARTS) is 1. The second-order valence-corrected chi connectivity index (χ2v) is 12.1. The Labute approximate surface area is 226 Å². The minimum atomic E-state index is -1.06. The van der Waals surface area contributed by atoms with Gasteiger partial charge in [-0.25, -0.2) is 9.78 Å². The van der Waals surface area contributed by atoms with Crippen LogP contribution in [-0.4, -0.2) is 81.6 Å². The highest BCUT2D eigenvalue weighted by molar-refractivity contribution is 5.95. The molecule has 9 nitrogen and oxygen atoms in total. The lowest BCUT2D eigenvalue weighted by molar-refractivity contribution is -0.126. The third-order valence-electron chi connectivity index (χ3n) is 6.95. The van der Waals surface area contributed by atoms with Crippen molar-refractivity contribution in [1.82, 2.24) is 19.4 Å². The zero-order chi connectivity index (χ0) is 28.0. The van der Waals surface area contributed by atoms with Crippen LogP contribution in [0.5, 0.6) is 0 Å². The average Bonchev–Trinajstić information content (AvgIpc) is 3.22. The van der Waals surface area contributed by atoms with Gasteiger partial charge in [-0.3, -0.25) is 9.59 Å². The smallest absolute Gasteiger partial charge is 0.407 e. The first-order valence-electron chi connectivity index (χ1n) is 13.7. The van der Waals surface area contributed by atoms with E-state index in [0.717, 1.165) is 23.9 Å². The van der Waals surface area contributed by atoms with E-state index < -0.39 is 18.1 Å². The molecule has 1 aromatic carbocycles. The molecule has 0 saturated carbocycles. The number of aromatic nitrogens is 2. The third-order valence-corrected chi connectivity index (χ3v) is 6.95. The van der Waals surface area contributed by atoms with Gasteiger partial charge in [0.05, 0.1) is 17.1 Å². The number of methoxy groups -OCH3 is 1. The molecule has 1 aromatic heterocycles. The Bertz CT molecular complexity index is 1120. The number of para-hydroxylation sites is 2. The Morgan fingerprint density at radius 2 is 1.87 bits per heavy atom. The number of fused-ring (bicyclic) bond motifs is 1. The number of Topliss-reactive ketones (excluding diaryl/α,β-unsaturated/α-hetero) is 1. The number of carbonyl (C=O) groups is 3. The molecular weight excluding hydrogens is 484 g/mol. The minimum absolute atomic E-state index is 0.0516. The highest BCUT2D eigenvalue weighted by Crippen LogP contribution is 2.29. The number of imidazole rings is 1. The van der Waals surface area contributed by atoms with E-state index in [4.69, 9.17) is 9.72 Å². The molecule has 210 valence electrons. The van der Waals surface area contributed by atoms with Crippen LogP contribution in [0.2, 0.25) is 0 Å². The number of unbranched alkanes of at least 4 members (excludes halogenated alkanes) is 1. The number of benzene rings is 1. The Morgan fingerprint density at radius 3 is 2.50 bits per heavy atom. The monoisotopic (exact) mass is 528 g/mol. The standard InChI is InChI=1S/C29H44N4O5/c1-20(2)17-33(22-15-21(18-31(19-22)28(36)37)25(34)16-29(3,4)5)27(35)26-30-23-11-7-8-12-24(23)32(26)13-9-10-14-38-6/h7-8,11-12,20-22H,9-10,13-19H2,1-6H3,(H,36,37)/t21-,22+/m1/s1. The van der Waals surface area contributed by atoms with Gasteiger partial charge in [-0.15, -0.1) is 0 Å². The van der Waals surface area contributed by atoms with Crippen molar-refractivity contribution in [3.05, 3.63) is 30.1 Å². The lowest BCUT2D eigenvalue weighted by Gasteiger charge is -2.42. The molecule has 0 unspecified atom stereocenters. The number of likely N-dealkylation sites (tertiary alicyclic amines) is 1. The van der Waals surface area contributed by atoms with Gasteiger partial charge in [0, 0.05) is 52.2 Å². The summed E-state index contributed by atoms with van der Waals surface area (Å²) in [5, 5.41) is 9.87. The molecule has 1 fully saturated rings. The van der Waals surface area contributed by atoms with E-state index in [9.17, 15) is 19.5 Å². The first-order chi connectivity index (χ1) is 17.9. The van der Waals surface area contributed by atoms with Crippen LogP contribution in [0, 0.1) is 17.3 Å². The fourth-order valence-electron chi connectivity index (χ4n) is 5.26. The predicted molar refractivity (Wildman–Crippen MR) is 147 cm³/mol. The van der Waals surface area contributed by atoms with Crippen LogP contribution < -0.4 is 0 Å². The molecule has 0 bridgehead atoms. The number of piperidine rings is 1. The number of hydrogen-bond donors (Lipinski definition) is 1. The zero-order valence-corrected chi connectivity index (χ0v) is 23.8. The van der Waals surface area contributed by atoms with E-state index in [1.807, 2.05) is 63.5 Å². The lowest BCUT2D eigenvalue weighted by atomic mass is 9.81. The van der Waals surface area contributed by atoms with Gasteiger partial charge in [0.1, 0.15) is 5.78 Å². The summed E-state index contributed by atoms with van der Waals surface area (Å²) in [4.78, 5) is 47.3. The molecule has 38 heavy (non-hydrogen) atoms. The lowest BCUT2D eigenvalue weighted by Crippen LogP contribution is -2.56. The van der Waals surface area contributed by atoms with E-state index in [1.165, 1.54) is 4.90 Å². The van der Waals surface area contributed by atoms with Crippen molar-refractivity contribution >= 4 is 28.8 Å². The number of ether oxygens (including phenoxy) is 1. The van der Waals surface area contributed by atoms with Crippen molar-refractivity contribution in [3.63, 3.8) is 0 Å². The fraction of sp³-hybridized carbons (Fsp3) is 0.655. The van der Waals surface area contributed by atoms with E-state index in [-0.39, 0.29) is 36.1 Å².